The van der Waals surface area contributed by atoms with E-state index >= 15 is 0 Å². The van der Waals surface area contributed by atoms with Gasteiger partial charge in [0.2, 0.25) is 5.95 Å². The van der Waals surface area contributed by atoms with Gasteiger partial charge in [-0.15, -0.1) is 0 Å². The van der Waals surface area contributed by atoms with Crippen molar-refractivity contribution in [1.82, 2.24) is 9.97 Å². The summed E-state index contributed by atoms with van der Waals surface area (Å²) in [6, 6.07) is 6.99. The number of nitrogens with one attached hydrogen (secondary N) is 1. The summed E-state index contributed by atoms with van der Waals surface area (Å²) in [5, 5.41) is 11.6. The molecule has 2 aromatic rings. The van der Waals surface area contributed by atoms with Crippen LogP contribution < -0.4 is 11.3 Å². The number of aromatic nitrogens is 2. The van der Waals surface area contributed by atoms with E-state index in [0.717, 1.165) is 18.0 Å². The third-order valence-electron chi connectivity index (χ3n) is 2.10. The van der Waals surface area contributed by atoms with Gasteiger partial charge in [-0.2, -0.15) is 4.98 Å². The predicted molar refractivity (Wildman–Crippen MR) is 72.1 cm³/mol. The Hall–Kier alpha value is -1.90. The molecule has 0 atom stereocenters. The normalized spacial score (nSPS) is 10.2. The number of nitro groups is 1. The molecular formula is C10H8ClN5O2S. The fourth-order valence-electron chi connectivity index (χ4n) is 1.26. The van der Waals surface area contributed by atoms with Crippen molar-refractivity contribution >= 4 is 35.0 Å². The molecule has 0 fully saturated rings. The summed E-state index contributed by atoms with van der Waals surface area (Å²) in [7, 11) is 0. The van der Waals surface area contributed by atoms with E-state index in [1.807, 2.05) is 0 Å². The molecule has 1 aromatic heterocycles. The van der Waals surface area contributed by atoms with E-state index in [-0.39, 0.29) is 16.7 Å². The van der Waals surface area contributed by atoms with Crippen molar-refractivity contribution in [2.75, 3.05) is 5.43 Å². The van der Waals surface area contributed by atoms with Crippen LogP contribution in [-0.4, -0.2) is 14.9 Å². The Balaban J connectivity index is 2.43. The van der Waals surface area contributed by atoms with Crippen molar-refractivity contribution in [1.29, 1.82) is 0 Å². The topological polar surface area (TPSA) is 107 Å². The molecule has 9 heteroatoms. The Morgan fingerprint density at radius 1 is 1.42 bits per heavy atom. The first-order valence-corrected chi connectivity index (χ1v) is 6.21. The molecule has 7 nitrogen and oxygen atoms in total. The molecular weight excluding hydrogens is 290 g/mol. The SMILES string of the molecule is NNc1ncc([N+](=O)[O-])c(Sc2ccccc2Cl)n1. The fraction of sp³-hybridized carbons (Fsp3) is 0. The monoisotopic (exact) mass is 297 g/mol. The molecule has 0 spiro atoms. The zero-order chi connectivity index (χ0) is 13.8. The van der Waals surface area contributed by atoms with Crippen molar-refractivity contribution < 1.29 is 4.92 Å². The molecule has 19 heavy (non-hydrogen) atoms. The number of nitrogens with two attached hydrogens (primary N) is 1. The first-order chi connectivity index (χ1) is 9.11. The highest BCUT2D eigenvalue weighted by atomic mass is 35.5. The summed E-state index contributed by atoms with van der Waals surface area (Å²) < 4.78 is 0. The van der Waals surface area contributed by atoms with Gasteiger partial charge in [0.15, 0.2) is 5.03 Å². The molecule has 0 aliphatic rings. The Labute approximate surface area is 117 Å². The van der Waals surface area contributed by atoms with Crippen LogP contribution >= 0.6 is 23.4 Å². The largest absolute Gasteiger partial charge is 0.320 e. The molecule has 0 aliphatic heterocycles. The van der Waals surface area contributed by atoms with Crippen LogP contribution in [0.15, 0.2) is 40.4 Å². The lowest BCUT2D eigenvalue weighted by atomic mass is 10.4. The lowest BCUT2D eigenvalue weighted by Crippen LogP contribution is -2.11. The summed E-state index contributed by atoms with van der Waals surface area (Å²) in [6.45, 7) is 0. The molecule has 98 valence electrons. The second-order valence-corrected chi connectivity index (χ2v) is 4.76. The number of nitrogens with zero attached hydrogens (tertiary/aromatic N) is 3. The third kappa shape index (κ3) is 3.11. The van der Waals surface area contributed by atoms with Crippen molar-refractivity contribution in [2.45, 2.75) is 9.92 Å². The maximum absolute atomic E-state index is 10.9. The van der Waals surface area contributed by atoms with Crippen molar-refractivity contribution in [3.63, 3.8) is 0 Å². The molecule has 3 N–H and O–H groups in total. The molecule has 2 rings (SSSR count). The molecule has 0 radical (unpaired) electrons. The van der Waals surface area contributed by atoms with Gasteiger partial charge in [-0.3, -0.25) is 15.5 Å². The van der Waals surface area contributed by atoms with E-state index in [4.69, 9.17) is 17.4 Å². The Morgan fingerprint density at radius 3 is 2.79 bits per heavy atom. The average molecular weight is 298 g/mol. The summed E-state index contributed by atoms with van der Waals surface area (Å²) in [4.78, 5) is 18.7. The minimum Gasteiger partial charge on any atom is -0.292 e. The highest BCUT2D eigenvalue weighted by molar-refractivity contribution is 7.99. The molecule has 1 heterocycles. The number of hydrazine groups is 1. The van der Waals surface area contributed by atoms with Crippen molar-refractivity contribution in [2.24, 2.45) is 5.84 Å². The lowest BCUT2D eigenvalue weighted by molar-refractivity contribution is -0.388. The van der Waals surface area contributed by atoms with Crippen molar-refractivity contribution in [3.05, 3.63) is 45.6 Å². The van der Waals surface area contributed by atoms with E-state index in [0.29, 0.717) is 9.92 Å². The van der Waals surface area contributed by atoms with Crippen LogP contribution in [0, 0.1) is 10.1 Å². The molecule has 0 bridgehead atoms. The number of anilines is 1. The number of nitrogen functional groups attached to an aromatic ring is 1. The van der Waals surface area contributed by atoms with E-state index in [9.17, 15) is 10.1 Å². The van der Waals surface area contributed by atoms with E-state index in [2.05, 4.69) is 15.4 Å². The quantitative estimate of drug-likeness (QED) is 0.386. The minimum absolute atomic E-state index is 0.0974. The van der Waals surface area contributed by atoms with Gasteiger partial charge in [-0.05, 0) is 12.1 Å². The summed E-state index contributed by atoms with van der Waals surface area (Å²) in [6.07, 6.45) is 1.10. The highest BCUT2D eigenvalue weighted by Gasteiger charge is 2.19. The van der Waals surface area contributed by atoms with Crippen LogP contribution in [0.1, 0.15) is 0 Å². The van der Waals surface area contributed by atoms with Crippen LogP contribution in [0.3, 0.4) is 0 Å². The maximum atomic E-state index is 10.9. The Bertz CT molecular complexity index is 625. The van der Waals surface area contributed by atoms with Gasteiger partial charge in [0.25, 0.3) is 0 Å². The second kappa shape index (κ2) is 5.83. The van der Waals surface area contributed by atoms with Crippen LogP contribution in [0.4, 0.5) is 11.6 Å². The molecule has 1 aromatic carbocycles. The Morgan fingerprint density at radius 2 is 2.16 bits per heavy atom. The van der Waals surface area contributed by atoms with Gasteiger partial charge in [-0.1, -0.05) is 35.5 Å². The minimum atomic E-state index is -0.556. The maximum Gasteiger partial charge on any atom is 0.320 e. The van der Waals surface area contributed by atoms with Gasteiger partial charge in [-0.25, -0.2) is 10.8 Å². The predicted octanol–water partition coefficient (Wildman–Crippen LogP) is 2.48. The molecule has 0 aliphatic carbocycles. The smallest absolute Gasteiger partial charge is 0.292 e. The van der Waals surface area contributed by atoms with Gasteiger partial charge >= 0.3 is 5.69 Å². The van der Waals surface area contributed by atoms with Crippen LogP contribution in [0.5, 0.6) is 0 Å². The second-order valence-electron chi connectivity index (χ2n) is 3.32. The van der Waals surface area contributed by atoms with Gasteiger partial charge in [0.1, 0.15) is 6.20 Å². The summed E-state index contributed by atoms with van der Waals surface area (Å²) in [5.74, 6) is 5.29. The fourth-order valence-corrected chi connectivity index (χ4v) is 2.40. The number of hydrogen-bond donors (Lipinski definition) is 2. The number of benzene rings is 1. The van der Waals surface area contributed by atoms with E-state index in [1.54, 1.807) is 24.3 Å². The lowest BCUT2D eigenvalue weighted by Gasteiger charge is -2.05. The zero-order valence-electron chi connectivity index (χ0n) is 9.41. The standard InChI is InChI=1S/C10H8ClN5O2S/c11-6-3-1-2-4-8(6)19-9-7(16(17)18)5-13-10(14-9)15-12/h1-5H,12H2,(H,13,14,15). The van der Waals surface area contributed by atoms with E-state index in [1.165, 1.54) is 0 Å². The summed E-state index contributed by atoms with van der Waals surface area (Å²) in [5.41, 5.74) is 2.04. The first kappa shape index (κ1) is 13.5. The van der Waals surface area contributed by atoms with Crippen molar-refractivity contribution in [3.8, 4) is 0 Å². The number of halogens is 1. The molecule has 0 amide bonds. The number of rotatable bonds is 4. The number of hydrogen-bond acceptors (Lipinski definition) is 7. The molecule has 0 saturated heterocycles. The van der Waals surface area contributed by atoms with E-state index < -0.39 is 4.92 Å². The van der Waals surface area contributed by atoms with Crippen LogP contribution in [0.2, 0.25) is 5.02 Å². The first-order valence-electron chi connectivity index (χ1n) is 5.02. The van der Waals surface area contributed by atoms with Gasteiger partial charge in [0.05, 0.1) is 9.95 Å². The average Bonchev–Trinajstić information content (AvgIpc) is 2.41. The third-order valence-corrected chi connectivity index (χ3v) is 3.62. The highest BCUT2D eigenvalue weighted by Crippen LogP contribution is 2.36. The van der Waals surface area contributed by atoms with Gasteiger partial charge in [0, 0.05) is 4.90 Å². The Kier molecular flexibility index (Phi) is 4.15. The van der Waals surface area contributed by atoms with Gasteiger partial charge < -0.3 is 0 Å². The van der Waals surface area contributed by atoms with Crippen LogP contribution in [-0.2, 0) is 0 Å². The summed E-state index contributed by atoms with van der Waals surface area (Å²) >= 11 is 7.08. The molecule has 0 unspecified atom stereocenters. The zero-order valence-corrected chi connectivity index (χ0v) is 11.0. The van der Waals surface area contributed by atoms with Crippen LogP contribution in [0.25, 0.3) is 0 Å². The molecule has 0 saturated carbocycles.